The first-order chi connectivity index (χ1) is 5.93. The summed E-state index contributed by atoms with van der Waals surface area (Å²) in [5.74, 6) is 0. The lowest BCUT2D eigenvalue weighted by molar-refractivity contribution is 0.589. The van der Waals surface area contributed by atoms with Crippen LogP contribution in [0.5, 0.6) is 0 Å². The van der Waals surface area contributed by atoms with Crippen LogP contribution in [0.25, 0.3) is 6.08 Å². The summed E-state index contributed by atoms with van der Waals surface area (Å²) in [5, 5.41) is 0.530. The second kappa shape index (κ2) is 3.51. The van der Waals surface area contributed by atoms with Crippen molar-refractivity contribution in [2.24, 2.45) is 0 Å². The highest BCUT2D eigenvalue weighted by molar-refractivity contribution is 6.29. The maximum Gasteiger partial charge on any atom is 0.130 e. The minimum atomic E-state index is 0.102. The molecule has 0 saturated heterocycles. The molecule has 1 rings (SSSR count). The summed E-state index contributed by atoms with van der Waals surface area (Å²) in [4.78, 5) is 4.11. The first-order valence-electron chi connectivity index (χ1n) is 4.24. The smallest absolute Gasteiger partial charge is 0.130 e. The van der Waals surface area contributed by atoms with E-state index in [4.69, 9.17) is 11.6 Å². The van der Waals surface area contributed by atoms with Gasteiger partial charge < -0.3 is 0 Å². The van der Waals surface area contributed by atoms with E-state index >= 15 is 0 Å². The highest BCUT2D eigenvalue weighted by Gasteiger charge is 2.14. The van der Waals surface area contributed by atoms with E-state index in [1.165, 1.54) is 5.56 Å². The molecule has 0 aliphatic rings. The van der Waals surface area contributed by atoms with E-state index in [2.05, 4.69) is 32.3 Å². The van der Waals surface area contributed by atoms with Gasteiger partial charge in [0.05, 0.1) is 5.69 Å². The Balaban J connectivity index is 3.24. The Bertz CT molecular complexity index is 323. The highest BCUT2D eigenvalue weighted by atomic mass is 35.5. The number of pyridine rings is 1. The molecule has 0 bridgehead atoms. The monoisotopic (exact) mass is 195 g/mol. The molecule has 0 aliphatic carbocycles. The van der Waals surface area contributed by atoms with Gasteiger partial charge in [0.1, 0.15) is 5.15 Å². The zero-order chi connectivity index (χ0) is 10.1. The van der Waals surface area contributed by atoms with Crippen molar-refractivity contribution in [3.05, 3.63) is 35.1 Å². The van der Waals surface area contributed by atoms with Gasteiger partial charge in [-0.1, -0.05) is 39.0 Å². The summed E-state index contributed by atoms with van der Waals surface area (Å²) in [6.45, 7) is 10.1. The standard InChI is InChI=1S/C11H14ClN/c1-5-9-6-8(11(2,3)4)7-10(12)13-9/h5-7H,1H2,2-4H3. The topological polar surface area (TPSA) is 12.9 Å². The molecule has 0 radical (unpaired) electrons. The van der Waals surface area contributed by atoms with Gasteiger partial charge in [0.25, 0.3) is 0 Å². The number of hydrogen-bond acceptors (Lipinski definition) is 1. The molecule has 1 aromatic heterocycles. The fourth-order valence-corrected chi connectivity index (χ4v) is 1.27. The molecule has 0 unspecified atom stereocenters. The summed E-state index contributed by atoms with van der Waals surface area (Å²) < 4.78 is 0. The molecule has 0 aromatic carbocycles. The van der Waals surface area contributed by atoms with Gasteiger partial charge in [-0.15, -0.1) is 0 Å². The van der Waals surface area contributed by atoms with Crippen LogP contribution in [0.2, 0.25) is 5.15 Å². The zero-order valence-electron chi connectivity index (χ0n) is 8.26. The van der Waals surface area contributed by atoms with E-state index in [1.54, 1.807) is 6.08 Å². The van der Waals surface area contributed by atoms with Crippen LogP contribution in [-0.2, 0) is 5.41 Å². The number of hydrogen-bond donors (Lipinski definition) is 0. The van der Waals surface area contributed by atoms with Crippen LogP contribution in [0.3, 0.4) is 0 Å². The molecule has 1 nitrogen and oxygen atoms in total. The van der Waals surface area contributed by atoms with E-state index < -0.39 is 0 Å². The molecule has 13 heavy (non-hydrogen) atoms. The maximum absolute atomic E-state index is 5.88. The summed E-state index contributed by atoms with van der Waals surface area (Å²) in [5.41, 5.74) is 2.12. The molecule has 70 valence electrons. The Labute approximate surface area is 84.5 Å². The number of nitrogens with zero attached hydrogens (tertiary/aromatic N) is 1. The van der Waals surface area contributed by atoms with Crippen molar-refractivity contribution in [1.82, 2.24) is 4.98 Å². The Hall–Kier alpha value is -0.820. The molecule has 0 amide bonds. The van der Waals surface area contributed by atoms with Crippen molar-refractivity contribution in [3.63, 3.8) is 0 Å². The fraction of sp³-hybridized carbons (Fsp3) is 0.364. The van der Waals surface area contributed by atoms with Crippen molar-refractivity contribution in [1.29, 1.82) is 0 Å². The normalized spacial score (nSPS) is 11.4. The lowest BCUT2D eigenvalue weighted by atomic mass is 9.87. The first kappa shape index (κ1) is 10.3. The molecular formula is C11H14ClN. The van der Waals surface area contributed by atoms with Crippen LogP contribution in [0.15, 0.2) is 18.7 Å². The largest absolute Gasteiger partial charge is 0.237 e. The van der Waals surface area contributed by atoms with E-state index in [-0.39, 0.29) is 5.41 Å². The molecule has 0 fully saturated rings. The lowest BCUT2D eigenvalue weighted by Crippen LogP contribution is -2.11. The second-order valence-electron chi connectivity index (χ2n) is 4.06. The lowest BCUT2D eigenvalue weighted by Gasteiger charge is -2.19. The van der Waals surface area contributed by atoms with Crippen LogP contribution in [-0.4, -0.2) is 4.98 Å². The Kier molecular flexibility index (Phi) is 2.77. The molecule has 2 heteroatoms. The first-order valence-corrected chi connectivity index (χ1v) is 4.62. The van der Waals surface area contributed by atoms with Gasteiger partial charge in [0, 0.05) is 0 Å². The Morgan fingerprint density at radius 1 is 1.38 bits per heavy atom. The van der Waals surface area contributed by atoms with Crippen molar-refractivity contribution < 1.29 is 0 Å². The highest BCUT2D eigenvalue weighted by Crippen LogP contribution is 2.24. The minimum absolute atomic E-state index is 0.102. The maximum atomic E-state index is 5.88. The van der Waals surface area contributed by atoms with Crippen molar-refractivity contribution in [2.75, 3.05) is 0 Å². The SMILES string of the molecule is C=Cc1cc(C(C)(C)C)cc(Cl)n1. The number of aromatic nitrogens is 1. The number of halogens is 1. The van der Waals surface area contributed by atoms with Crippen LogP contribution in [0.1, 0.15) is 32.0 Å². The van der Waals surface area contributed by atoms with Crippen LogP contribution >= 0.6 is 11.6 Å². The summed E-state index contributed by atoms with van der Waals surface area (Å²) in [6, 6.07) is 3.91. The van der Waals surface area contributed by atoms with Crippen LogP contribution in [0, 0.1) is 0 Å². The Morgan fingerprint density at radius 2 is 2.00 bits per heavy atom. The van der Waals surface area contributed by atoms with Gasteiger partial charge in [0.2, 0.25) is 0 Å². The minimum Gasteiger partial charge on any atom is -0.237 e. The van der Waals surface area contributed by atoms with Gasteiger partial charge in [-0.2, -0.15) is 0 Å². The third kappa shape index (κ3) is 2.56. The van der Waals surface area contributed by atoms with Gasteiger partial charge in [-0.3, -0.25) is 0 Å². The third-order valence-corrected chi connectivity index (χ3v) is 2.08. The van der Waals surface area contributed by atoms with E-state index in [1.807, 2.05) is 12.1 Å². The van der Waals surface area contributed by atoms with Crippen molar-refractivity contribution >= 4 is 17.7 Å². The van der Waals surface area contributed by atoms with Crippen molar-refractivity contribution in [3.8, 4) is 0 Å². The zero-order valence-corrected chi connectivity index (χ0v) is 9.02. The van der Waals surface area contributed by atoms with Crippen LogP contribution in [0.4, 0.5) is 0 Å². The van der Waals surface area contributed by atoms with Gasteiger partial charge in [-0.05, 0) is 29.2 Å². The quantitative estimate of drug-likeness (QED) is 0.623. The molecule has 1 aromatic rings. The average molecular weight is 196 g/mol. The van der Waals surface area contributed by atoms with Gasteiger partial charge in [-0.25, -0.2) is 4.98 Å². The number of rotatable bonds is 1. The van der Waals surface area contributed by atoms with E-state index in [0.29, 0.717) is 5.15 Å². The van der Waals surface area contributed by atoms with Crippen molar-refractivity contribution in [2.45, 2.75) is 26.2 Å². The van der Waals surface area contributed by atoms with Gasteiger partial charge in [0.15, 0.2) is 0 Å². The third-order valence-electron chi connectivity index (χ3n) is 1.89. The Morgan fingerprint density at radius 3 is 2.46 bits per heavy atom. The molecule has 0 atom stereocenters. The predicted octanol–water partition coefficient (Wildman–Crippen LogP) is 3.68. The van der Waals surface area contributed by atoms with E-state index in [0.717, 1.165) is 5.69 Å². The molecule has 0 N–H and O–H groups in total. The average Bonchev–Trinajstić information content (AvgIpc) is 2.01. The molecule has 1 heterocycles. The second-order valence-corrected chi connectivity index (χ2v) is 4.44. The van der Waals surface area contributed by atoms with E-state index in [9.17, 15) is 0 Å². The molecule has 0 spiro atoms. The summed E-state index contributed by atoms with van der Waals surface area (Å²) in [6.07, 6.45) is 1.71. The van der Waals surface area contributed by atoms with Crippen LogP contribution < -0.4 is 0 Å². The molecule has 0 saturated carbocycles. The molecule has 0 aliphatic heterocycles. The summed E-state index contributed by atoms with van der Waals surface area (Å²) >= 11 is 5.88. The predicted molar refractivity (Wildman–Crippen MR) is 58.0 cm³/mol. The van der Waals surface area contributed by atoms with Gasteiger partial charge >= 0.3 is 0 Å². The molecular weight excluding hydrogens is 182 g/mol. The summed E-state index contributed by atoms with van der Waals surface area (Å²) in [7, 11) is 0. The fourth-order valence-electron chi connectivity index (χ4n) is 1.05.